The number of furan rings is 1. The van der Waals surface area contributed by atoms with Gasteiger partial charge in [0.05, 0.1) is 13.2 Å². The second-order valence-electron chi connectivity index (χ2n) is 6.20. The summed E-state index contributed by atoms with van der Waals surface area (Å²) in [7, 11) is -2.26. The molecule has 0 spiro atoms. The van der Waals surface area contributed by atoms with E-state index in [1.54, 1.807) is 18.2 Å². The lowest BCUT2D eigenvalue weighted by molar-refractivity contribution is 0.0753. The van der Waals surface area contributed by atoms with Gasteiger partial charge in [0.2, 0.25) is 0 Å². The number of nitrogens with one attached hydrogen (secondary N) is 1. The zero-order valence-electron chi connectivity index (χ0n) is 15.7. The first-order valence-electron chi connectivity index (χ1n) is 8.68. The lowest BCUT2D eigenvalue weighted by Crippen LogP contribution is -2.25. The molecule has 148 valence electrons. The van der Waals surface area contributed by atoms with Crippen LogP contribution in [0.25, 0.3) is 0 Å². The molecule has 0 bridgehead atoms. The van der Waals surface area contributed by atoms with Crippen LogP contribution in [0.1, 0.15) is 36.6 Å². The second-order valence-corrected chi connectivity index (χ2v) is 8.16. The molecule has 0 atom stereocenters. The average molecular weight is 395 g/mol. The number of methoxy groups -OCH3 is 1. The molecule has 8 heteroatoms. The minimum absolute atomic E-state index is 0.0741. The number of ether oxygens (including phenoxy) is 2. The molecule has 0 unspecified atom stereocenters. The van der Waals surface area contributed by atoms with Crippen LogP contribution in [0.2, 0.25) is 0 Å². The van der Waals surface area contributed by atoms with Gasteiger partial charge in [-0.1, -0.05) is 12.1 Å². The maximum Gasteiger partial charge on any atom is 0.286 e. The van der Waals surface area contributed by atoms with Gasteiger partial charge >= 0.3 is 0 Å². The lowest BCUT2D eigenvalue weighted by Gasteiger charge is -2.08. The minimum Gasteiger partial charge on any atom is -0.495 e. The van der Waals surface area contributed by atoms with E-state index in [2.05, 4.69) is 5.32 Å². The van der Waals surface area contributed by atoms with Gasteiger partial charge in [-0.2, -0.15) is 0 Å². The van der Waals surface area contributed by atoms with Gasteiger partial charge in [-0.3, -0.25) is 4.79 Å². The SMILES string of the molecule is COc1ccccc1S(=O)(=O)Cc1ccc(C(=O)NCCCOC(C)C)o1. The number of carbonyl (C=O) groups is 1. The van der Waals surface area contributed by atoms with Crippen molar-refractivity contribution in [1.29, 1.82) is 0 Å². The molecular formula is C19H25NO6S. The highest BCUT2D eigenvalue weighted by Crippen LogP contribution is 2.26. The third-order valence-electron chi connectivity index (χ3n) is 3.68. The maximum atomic E-state index is 12.6. The molecule has 0 aliphatic rings. The molecule has 1 N–H and O–H groups in total. The van der Waals surface area contributed by atoms with Gasteiger partial charge in [0.15, 0.2) is 15.6 Å². The summed E-state index contributed by atoms with van der Waals surface area (Å²) in [5.41, 5.74) is 0. The summed E-state index contributed by atoms with van der Waals surface area (Å²) in [5, 5.41) is 2.72. The highest BCUT2D eigenvalue weighted by atomic mass is 32.2. The molecule has 0 fully saturated rings. The van der Waals surface area contributed by atoms with Gasteiger partial charge in [-0.05, 0) is 44.5 Å². The highest BCUT2D eigenvalue weighted by Gasteiger charge is 2.22. The number of rotatable bonds is 10. The number of hydrogen-bond donors (Lipinski definition) is 1. The fourth-order valence-electron chi connectivity index (χ4n) is 2.40. The van der Waals surface area contributed by atoms with E-state index >= 15 is 0 Å². The van der Waals surface area contributed by atoms with Gasteiger partial charge in [0, 0.05) is 13.2 Å². The van der Waals surface area contributed by atoms with E-state index in [0.717, 1.165) is 0 Å². The van der Waals surface area contributed by atoms with Crippen LogP contribution >= 0.6 is 0 Å². The van der Waals surface area contributed by atoms with Gasteiger partial charge in [0.25, 0.3) is 5.91 Å². The Morgan fingerprint density at radius 2 is 1.93 bits per heavy atom. The Labute approximate surface area is 159 Å². The van der Waals surface area contributed by atoms with Crippen LogP contribution in [0.15, 0.2) is 45.7 Å². The Morgan fingerprint density at radius 3 is 2.63 bits per heavy atom. The number of hydrogen-bond acceptors (Lipinski definition) is 6. The number of sulfone groups is 1. The first kappa shape index (κ1) is 21.0. The Morgan fingerprint density at radius 1 is 1.19 bits per heavy atom. The Balaban J connectivity index is 1.96. The predicted octanol–water partition coefficient (Wildman–Crippen LogP) is 2.81. The summed E-state index contributed by atoms with van der Waals surface area (Å²) in [6.45, 7) is 4.89. The molecule has 1 amide bonds. The van der Waals surface area contributed by atoms with Crippen molar-refractivity contribution in [3.63, 3.8) is 0 Å². The average Bonchev–Trinajstić information content (AvgIpc) is 3.08. The molecule has 0 saturated carbocycles. The topological polar surface area (TPSA) is 94.8 Å². The summed E-state index contributed by atoms with van der Waals surface area (Å²) in [4.78, 5) is 12.2. The fraction of sp³-hybridized carbons (Fsp3) is 0.421. The van der Waals surface area contributed by atoms with E-state index in [-0.39, 0.29) is 39.9 Å². The van der Waals surface area contributed by atoms with Crippen LogP contribution < -0.4 is 10.1 Å². The van der Waals surface area contributed by atoms with E-state index in [4.69, 9.17) is 13.9 Å². The molecule has 0 radical (unpaired) electrons. The quantitative estimate of drug-likeness (QED) is 0.622. The maximum absolute atomic E-state index is 12.6. The van der Waals surface area contributed by atoms with Crippen LogP contribution in [0, 0.1) is 0 Å². The lowest BCUT2D eigenvalue weighted by atomic mass is 10.3. The van der Waals surface area contributed by atoms with Gasteiger partial charge < -0.3 is 19.2 Å². The van der Waals surface area contributed by atoms with E-state index < -0.39 is 9.84 Å². The number of amides is 1. The van der Waals surface area contributed by atoms with Crippen molar-refractivity contribution in [2.75, 3.05) is 20.3 Å². The first-order valence-corrected chi connectivity index (χ1v) is 10.3. The summed E-state index contributed by atoms with van der Waals surface area (Å²) in [5.74, 6) is -0.214. The third-order valence-corrected chi connectivity index (χ3v) is 5.35. The Kier molecular flexibility index (Phi) is 7.44. The molecule has 1 aromatic carbocycles. The van der Waals surface area contributed by atoms with Crippen LogP contribution in [0.4, 0.5) is 0 Å². The van der Waals surface area contributed by atoms with Crippen molar-refractivity contribution in [3.05, 3.63) is 47.9 Å². The van der Waals surface area contributed by atoms with E-state index in [0.29, 0.717) is 19.6 Å². The van der Waals surface area contributed by atoms with Crippen molar-refractivity contribution in [2.24, 2.45) is 0 Å². The zero-order chi connectivity index (χ0) is 19.9. The Bertz CT molecular complexity index is 857. The monoisotopic (exact) mass is 395 g/mol. The molecule has 2 rings (SSSR count). The van der Waals surface area contributed by atoms with Crippen LogP contribution in [-0.4, -0.2) is 40.7 Å². The number of benzene rings is 1. The summed E-state index contributed by atoms with van der Waals surface area (Å²) >= 11 is 0. The van der Waals surface area contributed by atoms with E-state index in [1.807, 2.05) is 13.8 Å². The van der Waals surface area contributed by atoms with Crippen LogP contribution in [-0.2, 0) is 20.3 Å². The normalized spacial score (nSPS) is 11.6. The molecule has 1 aromatic heterocycles. The number of carbonyl (C=O) groups excluding carboxylic acids is 1. The van der Waals surface area contributed by atoms with Crippen molar-refractivity contribution in [1.82, 2.24) is 5.32 Å². The number of para-hydroxylation sites is 1. The minimum atomic E-state index is -3.67. The van der Waals surface area contributed by atoms with Crippen molar-refractivity contribution >= 4 is 15.7 Å². The first-order chi connectivity index (χ1) is 12.8. The smallest absolute Gasteiger partial charge is 0.286 e. The van der Waals surface area contributed by atoms with Gasteiger partial charge in [0.1, 0.15) is 22.2 Å². The molecule has 0 saturated heterocycles. The molecule has 0 aliphatic carbocycles. The second kappa shape index (κ2) is 9.57. The standard InChI is InChI=1S/C19H25NO6S/c1-14(2)25-12-6-11-20-19(21)17-10-9-15(26-17)13-27(22,23)18-8-5-4-7-16(18)24-3/h4-5,7-10,14H,6,11-13H2,1-3H3,(H,20,21). The molecule has 1 heterocycles. The third kappa shape index (κ3) is 6.11. The zero-order valence-corrected chi connectivity index (χ0v) is 16.5. The highest BCUT2D eigenvalue weighted by molar-refractivity contribution is 7.90. The van der Waals surface area contributed by atoms with Gasteiger partial charge in [-0.15, -0.1) is 0 Å². The van der Waals surface area contributed by atoms with Crippen molar-refractivity contribution in [3.8, 4) is 5.75 Å². The van der Waals surface area contributed by atoms with Gasteiger partial charge in [-0.25, -0.2) is 8.42 Å². The summed E-state index contributed by atoms with van der Waals surface area (Å²) in [6.07, 6.45) is 0.832. The van der Waals surface area contributed by atoms with E-state index in [9.17, 15) is 13.2 Å². The predicted molar refractivity (Wildman–Crippen MR) is 101 cm³/mol. The molecule has 2 aromatic rings. The Hall–Kier alpha value is -2.32. The molecule has 0 aliphatic heterocycles. The van der Waals surface area contributed by atoms with Crippen molar-refractivity contribution < 1.29 is 27.1 Å². The molecule has 27 heavy (non-hydrogen) atoms. The molecule has 7 nitrogen and oxygen atoms in total. The van der Waals surface area contributed by atoms with Crippen molar-refractivity contribution in [2.45, 2.75) is 37.0 Å². The van der Waals surface area contributed by atoms with E-state index in [1.165, 1.54) is 25.3 Å². The summed E-state index contributed by atoms with van der Waals surface area (Å²) in [6, 6.07) is 9.33. The van der Waals surface area contributed by atoms with Crippen LogP contribution in [0.5, 0.6) is 5.75 Å². The largest absolute Gasteiger partial charge is 0.495 e. The summed E-state index contributed by atoms with van der Waals surface area (Å²) < 4.78 is 41.1. The fourth-order valence-corrected chi connectivity index (χ4v) is 3.83. The van der Waals surface area contributed by atoms with Crippen LogP contribution in [0.3, 0.4) is 0 Å². The molecular weight excluding hydrogens is 370 g/mol.